The van der Waals surface area contributed by atoms with Gasteiger partial charge < -0.3 is 21.7 Å². The van der Waals surface area contributed by atoms with Crippen molar-refractivity contribution in [3.8, 4) is 11.5 Å². The lowest BCUT2D eigenvalue weighted by Crippen LogP contribution is -2.03. The Labute approximate surface area is 97.6 Å². The van der Waals surface area contributed by atoms with Gasteiger partial charge in [-0.1, -0.05) is 0 Å². The summed E-state index contributed by atoms with van der Waals surface area (Å²) in [5.41, 5.74) is 12.5. The third kappa shape index (κ3) is 2.54. The van der Waals surface area contributed by atoms with E-state index >= 15 is 0 Å². The number of hydrogen-bond acceptors (Lipinski definition) is 6. The lowest BCUT2D eigenvalue weighted by molar-refractivity contribution is 0.449. The number of nitrogens with zero attached hydrogens (tertiary/aromatic N) is 2. The molecule has 0 amide bonds. The van der Waals surface area contributed by atoms with Crippen LogP contribution in [0.5, 0.6) is 11.5 Å². The van der Waals surface area contributed by atoms with Crippen LogP contribution in [-0.4, -0.2) is 20.2 Å². The SMILES string of the molecule is Nc1ncc(Cc2cc(O)cc(O)c2)c(N)n1. The molecular formula is C11H12N4O2. The molecule has 6 nitrogen and oxygen atoms in total. The Morgan fingerprint density at radius 1 is 1.06 bits per heavy atom. The van der Waals surface area contributed by atoms with E-state index in [9.17, 15) is 10.2 Å². The first kappa shape index (κ1) is 11.0. The summed E-state index contributed by atoms with van der Waals surface area (Å²) in [7, 11) is 0. The molecule has 0 atom stereocenters. The van der Waals surface area contributed by atoms with E-state index in [1.54, 1.807) is 0 Å². The molecule has 6 heteroatoms. The molecule has 1 aromatic carbocycles. The van der Waals surface area contributed by atoms with Gasteiger partial charge in [0, 0.05) is 24.2 Å². The quantitative estimate of drug-likeness (QED) is 0.603. The van der Waals surface area contributed by atoms with Crippen LogP contribution in [0, 0.1) is 0 Å². The highest BCUT2D eigenvalue weighted by Gasteiger charge is 2.06. The number of hydrogen-bond donors (Lipinski definition) is 4. The van der Waals surface area contributed by atoms with Crippen molar-refractivity contribution in [1.82, 2.24) is 9.97 Å². The Bertz CT molecular complexity index is 537. The maximum Gasteiger partial charge on any atom is 0.221 e. The summed E-state index contributed by atoms with van der Waals surface area (Å²) < 4.78 is 0. The zero-order valence-corrected chi connectivity index (χ0v) is 8.96. The topological polar surface area (TPSA) is 118 Å². The van der Waals surface area contributed by atoms with Gasteiger partial charge in [-0.2, -0.15) is 4.98 Å². The minimum atomic E-state index is -0.00469. The minimum absolute atomic E-state index is 0.00469. The number of benzene rings is 1. The second-order valence-corrected chi connectivity index (χ2v) is 3.67. The van der Waals surface area contributed by atoms with Crippen molar-refractivity contribution in [2.75, 3.05) is 11.5 Å². The van der Waals surface area contributed by atoms with Gasteiger partial charge in [-0.3, -0.25) is 0 Å². The molecule has 0 saturated carbocycles. The molecule has 6 N–H and O–H groups in total. The zero-order chi connectivity index (χ0) is 12.4. The molecule has 2 aromatic rings. The second-order valence-electron chi connectivity index (χ2n) is 3.67. The smallest absolute Gasteiger partial charge is 0.221 e. The summed E-state index contributed by atoms with van der Waals surface area (Å²) in [6, 6.07) is 4.33. The van der Waals surface area contributed by atoms with E-state index < -0.39 is 0 Å². The van der Waals surface area contributed by atoms with Crippen molar-refractivity contribution >= 4 is 11.8 Å². The molecule has 1 heterocycles. The Morgan fingerprint density at radius 3 is 2.29 bits per heavy atom. The van der Waals surface area contributed by atoms with Crippen LogP contribution in [0.2, 0.25) is 0 Å². The highest BCUT2D eigenvalue weighted by atomic mass is 16.3. The van der Waals surface area contributed by atoms with E-state index in [1.807, 2.05) is 0 Å². The first-order valence-corrected chi connectivity index (χ1v) is 4.93. The van der Waals surface area contributed by atoms with Gasteiger partial charge in [0.2, 0.25) is 5.95 Å². The van der Waals surface area contributed by atoms with Crippen LogP contribution in [-0.2, 0) is 6.42 Å². The average Bonchev–Trinajstić information content (AvgIpc) is 2.21. The standard InChI is InChI=1S/C11H12N4O2/c12-10-7(5-14-11(13)15-10)1-6-2-8(16)4-9(17)3-6/h2-5,16-17H,1H2,(H4,12,13,14,15). The number of aromatic hydroxyl groups is 2. The number of aromatic nitrogens is 2. The number of phenols is 2. The van der Waals surface area contributed by atoms with E-state index in [0.29, 0.717) is 23.4 Å². The third-order valence-electron chi connectivity index (χ3n) is 2.27. The Kier molecular flexibility index (Phi) is 2.70. The van der Waals surface area contributed by atoms with Crippen molar-refractivity contribution in [1.29, 1.82) is 0 Å². The number of phenolic OH excluding ortho intramolecular Hbond substituents is 2. The summed E-state index contributed by atoms with van der Waals surface area (Å²) in [5.74, 6) is 0.398. The van der Waals surface area contributed by atoms with Crippen molar-refractivity contribution in [2.24, 2.45) is 0 Å². The van der Waals surface area contributed by atoms with Crippen LogP contribution in [0.1, 0.15) is 11.1 Å². The van der Waals surface area contributed by atoms with Crippen molar-refractivity contribution in [3.05, 3.63) is 35.5 Å². The summed E-state index contributed by atoms with van der Waals surface area (Å²) >= 11 is 0. The molecule has 0 spiro atoms. The van der Waals surface area contributed by atoms with Crippen LogP contribution in [0.3, 0.4) is 0 Å². The van der Waals surface area contributed by atoms with Gasteiger partial charge >= 0.3 is 0 Å². The van der Waals surface area contributed by atoms with Gasteiger partial charge in [-0.25, -0.2) is 4.98 Å². The van der Waals surface area contributed by atoms with Gasteiger partial charge in [0.05, 0.1) is 0 Å². The van der Waals surface area contributed by atoms with E-state index in [1.165, 1.54) is 24.4 Å². The van der Waals surface area contributed by atoms with Gasteiger partial charge in [-0.05, 0) is 17.7 Å². The third-order valence-corrected chi connectivity index (χ3v) is 2.27. The number of anilines is 2. The summed E-state index contributed by atoms with van der Waals surface area (Å²) in [6.45, 7) is 0. The molecule has 0 radical (unpaired) electrons. The molecule has 0 unspecified atom stereocenters. The maximum atomic E-state index is 9.34. The highest BCUT2D eigenvalue weighted by Crippen LogP contribution is 2.23. The highest BCUT2D eigenvalue weighted by molar-refractivity contribution is 5.46. The predicted molar refractivity (Wildman–Crippen MR) is 63.4 cm³/mol. The first-order chi connectivity index (χ1) is 8.04. The van der Waals surface area contributed by atoms with Crippen LogP contribution < -0.4 is 11.5 Å². The monoisotopic (exact) mass is 232 g/mol. The van der Waals surface area contributed by atoms with Crippen molar-refractivity contribution in [2.45, 2.75) is 6.42 Å². The fourth-order valence-electron chi connectivity index (χ4n) is 1.55. The normalized spacial score (nSPS) is 10.4. The molecule has 17 heavy (non-hydrogen) atoms. The molecule has 0 aliphatic rings. The molecule has 2 rings (SSSR count). The van der Waals surface area contributed by atoms with Gasteiger partial charge in [0.15, 0.2) is 0 Å². The first-order valence-electron chi connectivity index (χ1n) is 4.93. The van der Waals surface area contributed by atoms with Gasteiger partial charge in [0.25, 0.3) is 0 Å². The van der Waals surface area contributed by atoms with Gasteiger partial charge in [-0.15, -0.1) is 0 Å². The number of nitrogen functional groups attached to an aromatic ring is 2. The lowest BCUT2D eigenvalue weighted by atomic mass is 10.1. The predicted octanol–water partition coefficient (Wildman–Crippen LogP) is 0.643. The Morgan fingerprint density at radius 2 is 1.71 bits per heavy atom. The molecule has 88 valence electrons. The fraction of sp³-hybridized carbons (Fsp3) is 0.0909. The van der Waals surface area contributed by atoms with Crippen molar-refractivity contribution in [3.63, 3.8) is 0 Å². The largest absolute Gasteiger partial charge is 0.508 e. The average molecular weight is 232 g/mol. The molecule has 0 saturated heterocycles. The number of rotatable bonds is 2. The van der Waals surface area contributed by atoms with Crippen LogP contribution >= 0.6 is 0 Å². The van der Waals surface area contributed by atoms with Crippen LogP contribution in [0.4, 0.5) is 11.8 Å². The molecule has 0 bridgehead atoms. The minimum Gasteiger partial charge on any atom is -0.508 e. The van der Waals surface area contributed by atoms with E-state index in [-0.39, 0.29) is 17.4 Å². The maximum absolute atomic E-state index is 9.34. The lowest BCUT2D eigenvalue weighted by Gasteiger charge is -2.06. The second kappa shape index (κ2) is 4.17. The van der Waals surface area contributed by atoms with E-state index in [2.05, 4.69) is 9.97 Å². The summed E-state index contributed by atoms with van der Waals surface area (Å²) in [5, 5.41) is 18.7. The Balaban J connectivity index is 2.31. The van der Waals surface area contributed by atoms with Crippen LogP contribution in [0.15, 0.2) is 24.4 Å². The molecular weight excluding hydrogens is 220 g/mol. The Hall–Kier alpha value is -2.50. The van der Waals surface area contributed by atoms with Gasteiger partial charge in [0.1, 0.15) is 17.3 Å². The zero-order valence-electron chi connectivity index (χ0n) is 8.96. The number of nitrogens with two attached hydrogens (primary N) is 2. The molecule has 0 aliphatic carbocycles. The summed E-state index contributed by atoms with van der Waals surface area (Å²) in [4.78, 5) is 7.68. The van der Waals surface area contributed by atoms with E-state index in [0.717, 1.165) is 0 Å². The molecule has 1 aromatic heterocycles. The fourth-order valence-corrected chi connectivity index (χ4v) is 1.55. The van der Waals surface area contributed by atoms with Crippen molar-refractivity contribution < 1.29 is 10.2 Å². The molecule has 0 fully saturated rings. The summed E-state index contributed by atoms with van der Waals surface area (Å²) in [6.07, 6.45) is 1.94. The molecule has 0 aliphatic heterocycles. The van der Waals surface area contributed by atoms with E-state index in [4.69, 9.17) is 11.5 Å². The van der Waals surface area contributed by atoms with Crippen LogP contribution in [0.25, 0.3) is 0 Å².